The fourth-order valence-corrected chi connectivity index (χ4v) is 4.34. The van der Waals surface area contributed by atoms with Gasteiger partial charge < -0.3 is 14.6 Å². The zero-order chi connectivity index (χ0) is 23.2. The summed E-state index contributed by atoms with van der Waals surface area (Å²) in [6.07, 6.45) is 0. The summed E-state index contributed by atoms with van der Waals surface area (Å²) in [6, 6.07) is 24.6. The first kappa shape index (κ1) is 22.9. The van der Waals surface area contributed by atoms with Gasteiger partial charge in [0.05, 0.1) is 5.02 Å². The first-order valence-electron chi connectivity index (χ1n) is 10.4. The van der Waals surface area contributed by atoms with Gasteiger partial charge in [0, 0.05) is 12.7 Å². The van der Waals surface area contributed by atoms with Crippen molar-refractivity contribution >= 4 is 35.0 Å². The summed E-state index contributed by atoms with van der Waals surface area (Å²) in [5, 5.41) is 12.2. The van der Waals surface area contributed by atoms with Gasteiger partial charge in [-0.25, -0.2) is 0 Å². The lowest BCUT2D eigenvalue weighted by Gasteiger charge is -2.17. The highest BCUT2D eigenvalue weighted by atomic mass is 35.5. The minimum Gasteiger partial charge on any atom is -0.484 e. The Bertz CT molecular complexity index is 1230. The molecule has 0 fully saturated rings. The van der Waals surface area contributed by atoms with Crippen molar-refractivity contribution in [2.45, 2.75) is 23.9 Å². The fourth-order valence-electron chi connectivity index (χ4n) is 3.13. The second-order valence-corrected chi connectivity index (χ2v) is 8.92. The van der Waals surface area contributed by atoms with Crippen molar-refractivity contribution in [3.8, 4) is 5.75 Å². The highest BCUT2D eigenvalue weighted by Crippen LogP contribution is 2.35. The van der Waals surface area contributed by atoms with Crippen LogP contribution in [0.4, 0.5) is 5.69 Å². The van der Waals surface area contributed by atoms with Crippen LogP contribution in [-0.2, 0) is 18.4 Å². The van der Waals surface area contributed by atoms with Crippen LogP contribution in [0, 0.1) is 6.92 Å². The molecule has 1 aromatic heterocycles. The molecular formula is C25H23ClN4O2S. The maximum absolute atomic E-state index is 13.2. The van der Waals surface area contributed by atoms with Gasteiger partial charge in [-0.3, -0.25) is 4.79 Å². The number of halogens is 1. The minimum absolute atomic E-state index is 0.132. The van der Waals surface area contributed by atoms with Gasteiger partial charge in [0.1, 0.15) is 17.6 Å². The van der Waals surface area contributed by atoms with Crippen LogP contribution in [-0.4, -0.2) is 20.7 Å². The maximum Gasteiger partial charge on any atom is 0.242 e. The van der Waals surface area contributed by atoms with E-state index in [1.165, 1.54) is 11.8 Å². The summed E-state index contributed by atoms with van der Waals surface area (Å²) in [5.41, 5.74) is 2.76. The predicted octanol–water partition coefficient (Wildman–Crippen LogP) is 5.83. The molecule has 0 saturated heterocycles. The van der Waals surface area contributed by atoms with E-state index < -0.39 is 5.25 Å². The van der Waals surface area contributed by atoms with E-state index in [4.69, 9.17) is 16.3 Å². The van der Waals surface area contributed by atoms with E-state index >= 15 is 0 Å². The number of rotatable bonds is 8. The monoisotopic (exact) mass is 478 g/mol. The van der Waals surface area contributed by atoms with E-state index in [9.17, 15) is 4.79 Å². The molecule has 4 rings (SSSR count). The quantitative estimate of drug-likeness (QED) is 0.323. The normalized spacial score (nSPS) is 11.7. The highest BCUT2D eigenvalue weighted by Gasteiger charge is 2.25. The minimum atomic E-state index is -0.507. The van der Waals surface area contributed by atoms with Crippen molar-refractivity contribution in [1.82, 2.24) is 14.8 Å². The van der Waals surface area contributed by atoms with Crippen molar-refractivity contribution in [2.24, 2.45) is 7.05 Å². The molecule has 8 heteroatoms. The molecule has 4 aromatic rings. The first-order valence-corrected chi connectivity index (χ1v) is 11.6. The van der Waals surface area contributed by atoms with Gasteiger partial charge in [-0.15, -0.1) is 10.2 Å². The number of hydrogen-bond donors (Lipinski definition) is 1. The van der Waals surface area contributed by atoms with E-state index in [2.05, 4.69) is 15.5 Å². The van der Waals surface area contributed by atoms with Crippen LogP contribution in [0.2, 0.25) is 5.02 Å². The molecule has 0 radical (unpaired) electrons. The molecule has 1 amide bonds. The number of carbonyl (C=O) groups excluding carboxylic acids is 1. The summed E-state index contributed by atoms with van der Waals surface area (Å²) in [4.78, 5) is 13.2. The van der Waals surface area contributed by atoms with Crippen LogP contribution < -0.4 is 10.1 Å². The SMILES string of the molecule is Cc1ccc(NC(=O)[C@H](Sc2nnc(COc3ccccc3Cl)n2C)c2ccccc2)cc1. The summed E-state index contributed by atoms with van der Waals surface area (Å²) in [5.74, 6) is 1.08. The lowest BCUT2D eigenvalue weighted by molar-refractivity contribution is -0.115. The molecule has 3 aromatic carbocycles. The molecule has 6 nitrogen and oxygen atoms in total. The summed E-state index contributed by atoms with van der Waals surface area (Å²) in [6.45, 7) is 2.22. The Balaban J connectivity index is 1.52. The molecule has 1 atom stereocenters. The lowest BCUT2D eigenvalue weighted by atomic mass is 10.1. The van der Waals surface area contributed by atoms with Crippen molar-refractivity contribution in [3.63, 3.8) is 0 Å². The molecule has 0 saturated carbocycles. The Kier molecular flexibility index (Phi) is 7.32. The third-order valence-corrected chi connectivity index (χ3v) is 6.60. The second-order valence-electron chi connectivity index (χ2n) is 7.44. The third kappa shape index (κ3) is 5.74. The van der Waals surface area contributed by atoms with Crippen LogP contribution in [0.3, 0.4) is 0 Å². The average molecular weight is 479 g/mol. The standard InChI is InChI=1S/C25H23ClN4O2S/c1-17-12-14-19(15-13-17)27-24(31)23(18-8-4-3-5-9-18)33-25-29-28-22(30(25)2)16-32-21-11-7-6-10-20(21)26/h3-15,23H,16H2,1-2H3,(H,27,31)/t23-/m1/s1. The number of nitrogens with one attached hydrogen (secondary N) is 1. The summed E-state index contributed by atoms with van der Waals surface area (Å²) in [7, 11) is 1.85. The van der Waals surface area contributed by atoms with E-state index in [0.29, 0.717) is 21.8 Å². The molecule has 0 aliphatic rings. The van der Waals surface area contributed by atoms with Gasteiger partial charge in [-0.05, 0) is 36.8 Å². The summed E-state index contributed by atoms with van der Waals surface area (Å²) < 4.78 is 7.63. The van der Waals surface area contributed by atoms with E-state index in [1.807, 2.05) is 85.3 Å². The number of aromatic nitrogens is 3. The zero-order valence-corrected chi connectivity index (χ0v) is 19.8. The Morgan fingerprint density at radius 1 is 1.03 bits per heavy atom. The zero-order valence-electron chi connectivity index (χ0n) is 18.2. The molecule has 168 valence electrons. The number of anilines is 1. The van der Waals surface area contributed by atoms with Crippen LogP contribution >= 0.6 is 23.4 Å². The number of thioether (sulfide) groups is 1. The van der Waals surface area contributed by atoms with Gasteiger partial charge in [-0.1, -0.05) is 83.5 Å². The van der Waals surface area contributed by atoms with Crippen LogP contribution in [0.15, 0.2) is 84.0 Å². The number of aryl methyl sites for hydroxylation is 1. The van der Waals surface area contributed by atoms with E-state index in [-0.39, 0.29) is 12.5 Å². The Labute approximate surface area is 202 Å². The summed E-state index contributed by atoms with van der Waals surface area (Å²) >= 11 is 7.51. The number of ether oxygens (including phenoxy) is 1. The van der Waals surface area contributed by atoms with Gasteiger partial charge in [0.2, 0.25) is 5.91 Å². The maximum atomic E-state index is 13.2. The van der Waals surface area contributed by atoms with Crippen molar-refractivity contribution in [1.29, 1.82) is 0 Å². The van der Waals surface area contributed by atoms with Crippen molar-refractivity contribution in [2.75, 3.05) is 5.32 Å². The number of nitrogens with zero attached hydrogens (tertiary/aromatic N) is 3. The highest BCUT2D eigenvalue weighted by molar-refractivity contribution is 8.00. The predicted molar refractivity (Wildman–Crippen MR) is 132 cm³/mol. The number of para-hydroxylation sites is 1. The first-order chi connectivity index (χ1) is 16.0. The molecule has 0 aliphatic carbocycles. The van der Waals surface area contributed by atoms with Crippen molar-refractivity contribution in [3.05, 3.63) is 101 Å². The fraction of sp³-hybridized carbons (Fsp3) is 0.160. The van der Waals surface area contributed by atoms with Gasteiger partial charge >= 0.3 is 0 Å². The van der Waals surface area contributed by atoms with Crippen LogP contribution in [0.5, 0.6) is 5.75 Å². The number of amides is 1. The van der Waals surface area contributed by atoms with Crippen LogP contribution in [0.1, 0.15) is 22.2 Å². The second kappa shape index (κ2) is 10.6. The molecule has 1 N–H and O–H groups in total. The average Bonchev–Trinajstić information content (AvgIpc) is 3.18. The Hall–Kier alpha value is -3.29. The number of benzene rings is 3. The smallest absolute Gasteiger partial charge is 0.242 e. The third-order valence-electron chi connectivity index (χ3n) is 5.00. The van der Waals surface area contributed by atoms with Gasteiger partial charge in [0.15, 0.2) is 11.0 Å². The molecule has 0 unspecified atom stereocenters. The largest absolute Gasteiger partial charge is 0.484 e. The molecule has 0 bridgehead atoms. The molecule has 33 heavy (non-hydrogen) atoms. The Morgan fingerprint density at radius 3 is 2.45 bits per heavy atom. The molecule has 0 spiro atoms. The van der Waals surface area contributed by atoms with Gasteiger partial charge in [-0.2, -0.15) is 0 Å². The van der Waals surface area contributed by atoms with Gasteiger partial charge in [0.25, 0.3) is 0 Å². The number of hydrogen-bond acceptors (Lipinski definition) is 5. The van der Waals surface area contributed by atoms with E-state index in [1.54, 1.807) is 12.1 Å². The topological polar surface area (TPSA) is 69.0 Å². The molecule has 1 heterocycles. The lowest BCUT2D eigenvalue weighted by Crippen LogP contribution is -2.19. The number of carbonyl (C=O) groups is 1. The van der Waals surface area contributed by atoms with Crippen LogP contribution in [0.25, 0.3) is 0 Å². The Morgan fingerprint density at radius 2 is 1.73 bits per heavy atom. The van der Waals surface area contributed by atoms with Crippen molar-refractivity contribution < 1.29 is 9.53 Å². The molecule has 0 aliphatic heterocycles. The van der Waals surface area contributed by atoms with E-state index in [0.717, 1.165) is 16.8 Å². The molecular weight excluding hydrogens is 456 g/mol.